The quantitative estimate of drug-likeness (QED) is 0.898. The van der Waals surface area contributed by atoms with E-state index in [1.807, 2.05) is 11.8 Å². The number of fused-ring (bicyclic) bond motifs is 1. The Bertz CT molecular complexity index is 485. The van der Waals surface area contributed by atoms with Gasteiger partial charge in [0.2, 0.25) is 5.91 Å². The highest BCUT2D eigenvalue weighted by molar-refractivity contribution is 7.99. The van der Waals surface area contributed by atoms with Crippen LogP contribution in [-0.4, -0.2) is 30.0 Å². The van der Waals surface area contributed by atoms with Crippen molar-refractivity contribution < 1.29 is 4.79 Å². The third-order valence-corrected chi connectivity index (χ3v) is 5.39. The number of hydrogen-bond donors (Lipinski definition) is 2. The second-order valence-corrected chi connectivity index (χ2v) is 6.97. The molecule has 3 nitrogen and oxygen atoms in total. The Hall–Kier alpha value is -1.00. The molecule has 4 heteroatoms. The van der Waals surface area contributed by atoms with Gasteiger partial charge >= 0.3 is 0 Å². The summed E-state index contributed by atoms with van der Waals surface area (Å²) in [4.78, 5) is 12.2. The van der Waals surface area contributed by atoms with Crippen molar-refractivity contribution in [2.75, 3.05) is 18.1 Å². The zero-order valence-corrected chi connectivity index (χ0v) is 12.7. The second-order valence-electron chi connectivity index (χ2n) is 5.82. The molecule has 1 aliphatic carbocycles. The zero-order chi connectivity index (χ0) is 13.9. The number of benzene rings is 1. The fourth-order valence-electron chi connectivity index (χ4n) is 3.25. The smallest absolute Gasteiger partial charge is 0.222 e. The number of amides is 1. The molecule has 3 rings (SSSR count). The molecular formula is C16H22N2OS. The van der Waals surface area contributed by atoms with E-state index in [0.717, 1.165) is 24.5 Å². The van der Waals surface area contributed by atoms with Gasteiger partial charge in [-0.25, -0.2) is 0 Å². The summed E-state index contributed by atoms with van der Waals surface area (Å²) in [5.41, 5.74) is 2.70. The van der Waals surface area contributed by atoms with Crippen LogP contribution in [0.25, 0.3) is 0 Å². The van der Waals surface area contributed by atoms with Crippen molar-refractivity contribution >= 4 is 17.7 Å². The highest BCUT2D eigenvalue weighted by Gasteiger charge is 2.29. The lowest BCUT2D eigenvalue weighted by Gasteiger charge is -2.23. The Morgan fingerprint density at radius 3 is 2.95 bits per heavy atom. The minimum absolute atomic E-state index is 0.180. The standard InChI is InChI=1S/C16H22N2OS/c1-11-8-15(14-5-3-2-4-13(11)14)18-16(19)9-12-10-20-7-6-17-12/h2-5,11-12,15,17H,6-10H2,1H3,(H,18,19)/t11-,12-,15-/m1/s1. The third kappa shape index (κ3) is 3.01. The molecule has 1 amide bonds. The minimum atomic E-state index is 0.180. The van der Waals surface area contributed by atoms with Gasteiger partial charge < -0.3 is 10.6 Å². The molecule has 0 unspecified atom stereocenters. The van der Waals surface area contributed by atoms with Gasteiger partial charge in [-0.3, -0.25) is 4.79 Å². The molecule has 1 fully saturated rings. The van der Waals surface area contributed by atoms with Crippen LogP contribution in [0.15, 0.2) is 24.3 Å². The molecule has 1 aliphatic heterocycles. The number of hydrogen-bond acceptors (Lipinski definition) is 3. The molecule has 108 valence electrons. The first kappa shape index (κ1) is 14.0. The molecule has 20 heavy (non-hydrogen) atoms. The van der Waals surface area contributed by atoms with Gasteiger partial charge in [0.25, 0.3) is 0 Å². The van der Waals surface area contributed by atoms with Gasteiger partial charge in [0.15, 0.2) is 0 Å². The maximum Gasteiger partial charge on any atom is 0.222 e. The molecule has 1 aromatic rings. The van der Waals surface area contributed by atoms with E-state index in [4.69, 9.17) is 0 Å². The van der Waals surface area contributed by atoms with Gasteiger partial charge in [-0.1, -0.05) is 31.2 Å². The van der Waals surface area contributed by atoms with E-state index in [1.54, 1.807) is 0 Å². The van der Waals surface area contributed by atoms with Crippen LogP contribution in [0.5, 0.6) is 0 Å². The van der Waals surface area contributed by atoms with Gasteiger partial charge in [-0.05, 0) is 23.5 Å². The van der Waals surface area contributed by atoms with Crippen molar-refractivity contribution in [3.8, 4) is 0 Å². The first-order chi connectivity index (χ1) is 9.74. The van der Waals surface area contributed by atoms with E-state index in [-0.39, 0.29) is 11.9 Å². The van der Waals surface area contributed by atoms with Crippen LogP contribution in [0, 0.1) is 0 Å². The molecular weight excluding hydrogens is 268 g/mol. The molecule has 2 N–H and O–H groups in total. The summed E-state index contributed by atoms with van der Waals surface area (Å²) < 4.78 is 0. The summed E-state index contributed by atoms with van der Waals surface area (Å²) in [5.74, 6) is 2.93. The second kappa shape index (κ2) is 6.19. The number of rotatable bonds is 3. The van der Waals surface area contributed by atoms with E-state index >= 15 is 0 Å². The molecule has 0 saturated carbocycles. The first-order valence-electron chi connectivity index (χ1n) is 7.43. The highest BCUT2D eigenvalue weighted by Crippen LogP contribution is 2.39. The molecule has 0 bridgehead atoms. The molecule has 0 aromatic heterocycles. The molecule has 0 spiro atoms. The van der Waals surface area contributed by atoms with Gasteiger partial charge in [0, 0.05) is 30.5 Å². The van der Waals surface area contributed by atoms with Crippen LogP contribution >= 0.6 is 11.8 Å². The van der Waals surface area contributed by atoms with Gasteiger partial charge in [-0.15, -0.1) is 0 Å². The van der Waals surface area contributed by atoms with E-state index < -0.39 is 0 Å². The summed E-state index contributed by atoms with van der Waals surface area (Å²) in [5, 5.41) is 6.65. The summed E-state index contributed by atoms with van der Waals surface area (Å²) in [6, 6.07) is 9.02. The van der Waals surface area contributed by atoms with Gasteiger partial charge in [0.1, 0.15) is 0 Å². The van der Waals surface area contributed by atoms with Crippen molar-refractivity contribution in [3.63, 3.8) is 0 Å². The lowest BCUT2D eigenvalue weighted by atomic mass is 10.0. The third-order valence-electron chi connectivity index (χ3n) is 4.26. The average Bonchev–Trinajstić information content (AvgIpc) is 2.77. The topological polar surface area (TPSA) is 41.1 Å². The van der Waals surface area contributed by atoms with E-state index in [2.05, 4.69) is 41.8 Å². The monoisotopic (exact) mass is 290 g/mol. The molecule has 3 atom stereocenters. The van der Waals surface area contributed by atoms with Crippen molar-refractivity contribution in [3.05, 3.63) is 35.4 Å². The van der Waals surface area contributed by atoms with E-state index in [0.29, 0.717) is 18.4 Å². The van der Waals surface area contributed by atoms with Crippen LogP contribution in [0.1, 0.15) is 42.9 Å². The summed E-state index contributed by atoms with van der Waals surface area (Å²) in [7, 11) is 0. The van der Waals surface area contributed by atoms with Crippen molar-refractivity contribution in [1.29, 1.82) is 0 Å². The molecule has 1 heterocycles. The normalized spacial score (nSPS) is 28.9. The Labute approximate surface area is 124 Å². The Kier molecular flexibility index (Phi) is 4.32. The number of carbonyl (C=O) groups excluding carboxylic acids is 1. The fraction of sp³-hybridized carbons (Fsp3) is 0.562. The number of thioether (sulfide) groups is 1. The molecule has 1 saturated heterocycles. The number of carbonyl (C=O) groups is 1. The van der Waals surface area contributed by atoms with Crippen molar-refractivity contribution in [2.24, 2.45) is 0 Å². The predicted octanol–water partition coefficient (Wildman–Crippen LogP) is 2.45. The molecule has 0 radical (unpaired) electrons. The largest absolute Gasteiger partial charge is 0.349 e. The highest BCUT2D eigenvalue weighted by atomic mass is 32.2. The maximum atomic E-state index is 12.2. The molecule has 1 aromatic carbocycles. The van der Waals surface area contributed by atoms with Crippen LogP contribution in [0.4, 0.5) is 0 Å². The summed E-state index contributed by atoms with van der Waals surface area (Å²) in [6.07, 6.45) is 1.62. The first-order valence-corrected chi connectivity index (χ1v) is 8.59. The van der Waals surface area contributed by atoms with Crippen LogP contribution in [0.3, 0.4) is 0 Å². The zero-order valence-electron chi connectivity index (χ0n) is 11.9. The Balaban J connectivity index is 1.59. The Morgan fingerprint density at radius 1 is 1.40 bits per heavy atom. The fourth-order valence-corrected chi connectivity index (χ4v) is 4.20. The summed E-state index contributed by atoms with van der Waals surface area (Å²) in [6.45, 7) is 3.26. The number of nitrogens with one attached hydrogen (secondary N) is 2. The van der Waals surface area contributed by atoms with Crippen LogP contribution in [0.2, 0.25) is 0 Å². The van der Waals surface area contributed by atoms with Crippen molar-refractivity contribution in [2.45, 2.75) is 37.8 Å². The SMILES string of the molecule is C[C@@H]1C[C@@H](NC(=O)C[C@@H]2CSCCN2)c2ccccc21. The predicted molar refractivity (Wildman–Crippen MR) is 84.1 cm³/mol. The lowest BCUT2D eigenvalue weighted by molar-refractivity contribution is -0.122. The van der Waals surface area contributed by atoms with Gasteiger partial charge in [0.05, 0.1) is 6.04 Å². The van der Waals surface area contributed by atoms with E-state index in [9.17, 15) is 4.79 Å². The Morgan fingerprint density at radius 2 is 2.20 bits per heavy atom. The van der Waals surface area contributed by atoms with Crippen molar-refractivity contribution in [1.82, 2.24) is 10.6 Å². The van der Waals surface area contributed by atoms with Crippen LogP contribution < -0.4 is 10.6 Å². The summed E-state index contributed by atoms with van der Waals surface area (Å²) >= 11 is 1.93. The molecule has 2 aliphatic rings. The van der Waals surface area contributed by atoms with E-state index in [1.165, 1.54) is 11.1 Å². The minimum Gasteiger partial charge on any atom is -0.349 e. The average molecular weight is 290 g/mol. The van der Waals surface area contributed by atoms with Crippen LogP contribution in [-0.2, 0) is 4.79 Å². The lowest BCUT2D eigenvalue weighted by Crippen LogP contribution is -2.41. The van der Waals surface area contributed by atoms with Gasteiger partial charge in [-0.2, -0.15) is 11.8 Å². The maximum absolute atomic E-state index is 12.2.